The highest BCUT2D eigenvalue weighted by Gasteiger charge is 2.25. The van der Waals surface area contributed by atoms with Crippen molar-refractivity contribution in [2.24, 2.45) is 0 Å². The molecule has 3 aromatic rings. The molecule has 2 aliphatic rings. The molecule has 1 aliphatic carbocycles. The highest BCUT2D eigenvalue weighted by atomic mass is 35.5. The number of hydrogen-bond acceptors (Lipinski definition) is 6. The van der Waals surface area contributed by atoms with Gasteiger partial charge in [0, 0.05) is 27.6 Å². The van der Waals surface area contributed by atoms with Crippen molar-refractivity contribution in [3.8, 4) is 0 Å². The van der Waals surface area contributed by atoms with Crippen molar-refractivity contribution in [3.63, 3.8) is 0 Å². The maximum Gasteiger partial charge on any atom is 0.326 e. The minimum Gasteiger partial charge on any atom is -0.367 e. The molecule has 2 fully saturated rings. The lowest BCUT2D eigenvalue weighted by atomic mass is 10.2. The van der Waals surface area contributed by atoms with Crippen LogP contribution in [0.3, 0.4) is 0 Å². The molecule has 0 spiro atoms. The number of carbonyl (C=O) groups is 2. The van der Waals surface area contributed by atoms with Gasteiger partial charge in [-0.3, -0.25) is 10.1 Å². The highest BCUT2D eigenvalue weighted by Crippen LogP contribution is 2.32. The number of aromatic nitrogens is 3. The molecule has 0 bridgehead atoms. The molecular weight excluding hydrogens is 412 g/mol. The van der Waals surface area contributed by atoms with E-state index < -0.39 is 11.9 Å². The van der Waals surface area contributed by atoms with E-state index in [-0.39, 0.29) is 5.70 Å². The number of benzene rings is 1. The SMILES string of the molecule is O=C1NC(=O)/C(=C/c2cnn3c(NC4CC4)cc(Sc4cccc(Cl)c4)nc23)N1. The first-order chi connectivity index (χ1) is 14.0. The molecule has 8 nitrogen and oxygen atoms in total. The van der Waals surface area contributed by atoms with Crippen LogP contribution >= 0.6 is 23.4 Å². The maximum absolute atomic E-state index is 11.9. The largest absolute Gasteiger partial charge is 0.367 e. The summed E-state index contributed by atoms with van der Waals surface area (Å²) in [6.07, 6.45) is 5.43. The first-order valence-electron chi connectivity index (χ1n) is 8.98. The number of imide groups is 1. The van der Waals surface area contributed by atoms with E-state index in [1.54, 1.807) is 16.8 Å². The second-order valence-corrected chi connectivity index (χ2v) is 8.29. The second kappa shape index (κ2) is 7.09. The van der Waals surface area contributed by atoms with Crippen molar-refractivity contribution in [1.82, 2.24) is 25.2 Å². The summed E-state index contributed by atoms with van der Waals surface area (Å²) in [5.41, 5.74) is 1.38. The molecule has 3 N–H and O–H groups in total. The van der Waals surface area contributed by atoms with Crippen LogP contribution in [0.15, 0.2) is 52.1 Å². The number of anilines is 1. The maximum atomic E-state index is 11.9. The van der Waals surface area contributed by atoms with Crippen molar-refractivity contribution in [2.45, 2.75) is 28.8 Å². The molecule has 0 atom stereocenters. The summed E-state index contributed by atoms with van der Waals surface area (Å²) in [7, 11) is 0. The fourth-order valence-corrected chi connectivity index (χ4v) is 4.07. The van der Waals surface area contributed by atoms with E-state index in [0.29, 0.717) is 22.3 Å². The third kappa shape index (κ3) is 3.79. The summed E-state index contributed by atoms with van der Waals surface area (Å²) in [5, 5.41) is 14.0. The standard InChI is InChI=1S/C19H15ClN6O2S/c20-11-2-1-3-13(7-11)29-16-8-15(22-12-4-5-12)26-17(24-16)10(9-21-26)6-14-18(27)25-19(28)23-14/h1-3,6-9,12,22H,4-5H2,(H2,23,25,27,28)/b14-6-. The van der Waals surface area contributed by atoms with Gasteiger partial charge in [0.05, 0.1) is 6.20 Å². The third-order valence-electron chi connectivity index (χ3n) is 4.44. The molecule has 1 aromatic carbocycles. The topological polar surface area (TPSA) is 100 Å². The second-order valence-electron chi connectivity index (χ2n) is 6.76. The summed E-state index contributed by atoms with van der Waals surface area (Å²) < 4.78 is 1.71. The van der Waals surface area contributed by atoms with E-state index in [9.17, 15) is 9.59 Å². The Morgan fingerprint density at radius 3 is 2.83 bits per heavy atom. The van der Waals surface area contributed by atoms with Crippen LogP contribution in [0.25, 0.3) is 11.7 Å². The number of hydrogen-bond donors (Lipinski definition) is 3. The number of nitrogens with zero attached hydrogens (tertiary/aromatic N) is 3. The van der Waals surface area contributed by atoms with Crippen molar-refractivity contribution in [2.75, 3.05) is 5.32 Å². The van der Waals surface area contributed by atoms with Crippen LogP contribution < -0.4 is 16.0 Å². The highest BCUT2D eigenvalue weighted by molar-refractivity contribution is 7.99. The van der Waals surface area contributed by atoms with E-state index in [4.69, 9.17) is 16.6 Å². The predicted octanol–water partition coefficient (Wildman–Crippen LogP) is 3.29. The lowest BCUT2D eigenvalue weighted by molar-refractivity contribution is -0.115. The minimum atomic E-state index is -0.543. The van der Waals surface area contributed by atoms with Gasteiger partial charge in [-0.05, 0) is 37.1 Å². The van der Waals surface area contributed by atoms with Crippen molar-refractivity contribution >= 4 is 52.8 Å². The molecular formula is C19H15ClN6O2S. The Hall–Kier alpha value is -3.04. The Morgan fingerprint density at radius 2 is 2.10 bits per heavy atom. The van der Waals surface area contributed by atoms with Gasteiger partial charge in [-0.1, -0.05) is 29.4 Å². The average molecular weight is 427 g/mol. The van der Waals surface area contributed by atoms with Gasteiger partial charge in [-0.25, -0.2) is 9.78 Å². The molecule has 1 aliphatic heterocycles. The molecule has 2 aromatic heterocycles. The Bertz CT molecular complexity index is 1190. The van der Waals surface area contributed by atoms with Crippen LogP contribution in [0.2, 0.25) is 5.02 Å². The van der Waals surface area contributed by atoms with Crippen LogP contribution in [0.5, 0.6) is 0 Å². The summed E-state index contributed by atoms with van der Waals surface area (Å²) >= 11 is 7.59. The molecule has 10 heteroatoms. The number of amides is 3. The number of rotatable bonds is 5. The number of urea groups is 1. The van der Waals surface area contributed by atoms with Gasteiger partial charge in [-0.2, -0.15) is 9.61 Å². The van der Waals surface area contributed by atoms with Crippen LogP contribution in [0, 0.1) is 0 Å². The number of nitrogens with one attached hydrogen (secondary N) is 3. The smallest absolute Gasteiger partial charge is 0.326 e. The first-order valence-corrected chi connectivity index (χ1v) is 10.2. The minimum absolute atomic E-state index is 0.163. The van der Waals surface area contributed by atoms with Crippen molar-refractivity contribution in [1.29, 1.82) is 0 Å². The fraction of sp³-hybridized carbons (Fsp3) is 0.158. The van der Waals surface area contributed by atoms with E-state index >= 15 is 0 Å². The van der Waals surface area contributed by atoms with Crippen LogP contribution in [0.4, 0.5) is 10.6 Å². The number of halogens is 1. The van der Waals surface area contributed by atoms with Gasteiger partial charge >= 0.3 is 6.03 Å². The van der Waals surface area contributed by atoms with Crippen LogP contribution in [0.1, 0.15) is 18.4 Å². The lowest BCUT2D eigenvalue weighted by Gasteiger charge is -2.10. The number of fused-ring (bicyclic) bond motifs is 1. The third-order valence-corrected chi connectivity index (χ3v) is 5.59. The zero-order valence-corrected chi connectivity index (χ0v) is 16.5. The molecule has 0 radical (unpaired) electrons. The molecule has 0 unspecified atom stereocenters. The van der Waals surface area contributed by atoms with Gasteiger partial charge in [0.25, 0.3) is 5.91 Å². The van der Waals surface area contributed by atoms with Crippen LogP contribution in [-0.4, -0.2) is 32.6 Å². The quantitative estimate of drug-likeness (QED) is 0.329. The van der Waals surface area contributed by atoms with E-state index in [1.165, 1.54) is 11.8 Å². The van der Waals surface area contributed by atoms with Gasteiger partial charge in [-0.15, -0.1) is 0 Å². The van der Waals surface area contributed by atoms with Crippen molar-refractivity contribution in [3.05, 3.63) is 52.8 Å². The monoisotopic (exact) mass is 426 g/mol. The summed E-state index contributed by atoms with van der Waals surface area (Å²) in [6, 6.07) is 9.39. The normalized spacial score (nSPS) is 17.6. The summed E-state index contributed by atoms with van der Waals surface area (Å²) in [4.78, 5) is 28.9. The molecule has 5 rings (SSSR count). The molecule has 146 valence electrons. The van der Waals surface area contributed by atoms with Gasteiger partial charge < -0.3 is 10.6 Å². The van der Waals surface area contributed by atoms with Gasteiger partial charge in [0.15, 0.2) is 5.65 Å². The Balaban J connectivity index is 1.57. The molecule has 3 amide bonds. The first kappa shape index (κ1) is 18.0. The molecule has 1 saturated heterocycles. The predicted molar refractivity (Wildman–Crippen MR) is 110 cm³/mol. The molecule has 3 heterocycles. The Kier molecular flexibility index (Phi) is 4.40. The van der Waals surface area contributed by atoms with Crippen molar-refractivity contribution < 1.29 is 9.59 Å². The lowest BCUT2D eigenvalue weighted by Crippen LogP contribution is -2.22. The van der Waals surface area contributed by atoms with Crippen LogP contribution in [-0.2, 0) is 4.79 Å². The van der Waals surface area contributed by atoms with Gasteiger partial charge in [0.2, 0.25) is 0 Å². The zero-order valence-electron chi connectivity index (χ0n) is 15.0. The molecule has 29 heavy (non-hydrogen) atoms. The Morgan fingerprint density at radius 1 is 1.24 bits per heavy atom. The van der Waals surface area contributed by atoms with E-state index in [2.05, 4.69) is 21.0 Å². The average Bonchev–Trinajstić information content (AvgIpc) is 3.31. The number of carbonyl (C=O) groups excluding carboxylic acids is 2. The fourth-order valence-electron chi connectivity index (χ4n) is 2.94. The van der Waals surface area contributed by atoms with E-state index in [1.807, 2.05) is 30.3 Å². The zero-order chi connectivity index (χ0) is 20.0. The van der Waals surface area contributed by atoms with E-state index in [0.717, 1.165) is 28.6 Å². The Labute approximate surface area is 174 Å². The van der Waals surface area contributed by atoms with Gasteiger partial charge in [0.1, 0.15) is 16.5 Å². The summed E-state index contributed by atoms with van der Waals surface area (Å²) in [5.74, 6) is 0.349. The summed E-state index contributed by atoms with van der Waals surface area (Å²) in [6.45, 7) is 0. The molecule has 1 saturated carbocycles.